The third-order valence-corrected chi connectivity index (χ3v) is 2.91. The van der Waals surface area contributed by atoms with E-state index < -0.39 is 9.96 Å². The second kappa shape index (κ2) is 5.40. The number of hydrogen-bond donors (Lipinski definition) is 1. The summed E-state index contributed by atoms with van der Waals surface area (Å²) in [5, 5.41) is 2.54. The zero-order valence-electron chi connectivity index (χ0n) is 7.68. The molecule has 82 valence electrons. The number of rotatable bonds is 3. The highest BCUT2D eigenvalue weighted by molar-refractivity contribution is 6.68. The van der Waals surface area contributed by atoms with Gasteiger partial charge in [0.25, 0.3) is 0 Å². The minimum Gasteiger partial charge on any atom is -0.339 e. The average Bonchev–Trinajstić information content (AvgIpc) is 2.14. The van der Waals surface area contributed by atoms with Gasteiger partial charge < -0.3 is 5.32 Å². The summed E-state index contributed by atoms with van der Waals surface area (Å²) in [7, 11) is 0. The van der Waals surface area contributed by atoms with E-state index in [1.54, 1.807) is 0 Å². The number of carbonyl (C=O) groups is 1. The minimum absolute atomic E-state index is 0.523. The molecule has 1 aliphatic heterocycles. The summed E-state index contributed by atoms with van der Waals surface area (Å²) in [5.41, 5.74) is 0. The Hall–Kier alpha value is 0.300. The van der Waals surface area contributed by atoms with Gasteiger partial charge in [0, 0.05) is 13.1 Å². The van der Waals surface area contributed by atoms with Crippen LogP contribution in [0.1, 0.15) is 19.3 Å². The molecule has 1 amide bonds. The fourth-order valence-corrected chi connectivity index (χ4v) is 2.25. The second-order valence-electron chi connectivity index (χ2n) is 3.33. The molecule has 0 spiro atoms. The van der Waals surface area contributed by atoms with Crippen molar-refractivity contribution in [1.29, 1.82) is 0 Å². The first kappa shape index (κ1) is 12.4. The molecule has 0 aromatic heterocycles. The first-order valence-corrected chi connectivity index (χ1v) is 5.69. The fraction of sp³-hybridized carbons (Fsp3) is 0.875. The molecule has 0 aromatic carbocycles. The van der Waals surface area contributed by atoms with Crippen LogP contribution in [0.3, 0.4) is 0 Å². The smallest absolute Gasteiger partial charge is 0.223 e. The van der Waals surface area contributed by atoms with Gasteiger partial charge in [-0.2, -0.15) is 0 Å². The standard InChI is InChI=1S/C8H13Cl3N2O/c9-8(10,11)7(12-6-14)13-4-2-1-3-5-13/h6-7H,1-5H2,(H,12,14). The topological polar surface area (TPSA) is 32.3 Å². The lowest BCUT2D eigenvalue weighted by atomic mass is 10.1. The monoisotopic (exact) mass is 258 g/mol. The zero-order valence-corrected chi connectivity index (χ0v) is 9.95. The van der Waals surface area contributed by atoms with Crippen LogP contribution in [0.2, 0.25) is 0 Å². The molecule has 1 aliphatic rings. The summed E-state index contributed by atoms with van der Waals surface area (Å²) < 4.78 is -1.47. The van der Waals surface area contributed by atoms with Crippen LogP contribution in [0.4, 0.5) is 0 Å². The van der Waals surface area contributed by atoms with Crippen LogP contribution < -0.4 is 5.32 Å². The molecule has 3 nitrogen and oxygen atoms in total. The molecule has 0 aromatic rings. The van der Waals surface area contributed by atoms with Crippen molar-refractivity contribution in [3.05, 3.63) is 0 Å². The number of hydrogen-bond acceptors (Lipinski definition) is 2. The largest absolute Gasteiger partial charge is 0.339 e. The molecule has 0 aliphatic carbocycles. The summed E-state index contributed by atoms with van der Waals surface area (Å²) >= 11 is 17.3. The van der Waals surface area contributed by atoms with Crippen LogP contribution in [-0.4, -0.2) is 34.4 Å². The van der Waals surface area contributed by atoms with Gasteiger partial charge in [0.15, 0.2) is 0 Å². The van der Waals surface area contributed by atoms with E-state index in [-0.39, 0.29) is 0 Å². The lowest BCUT2D eigenvalue weighted by molar-refractivity contribution is -0.111. The Balaban J connectivity index is 2.60. The highest BCUT2D eigenvalue weighted by atomic mass is 35.6. The Morgan fingerprint density at radius 3 is 2.21 bits per heavy atom. The Morgan fingerprint density at radius 2 is 1.79 bits per heavy atom. The van der Waals surface area contributed by atoms with E-state index in [0.29, 0.717) is 6.41 Å². The van der Waals surface area contributed by atoms with Crippen molar-refractivity contribution in [2.45, 2.75) is 29.2 Å². The molecule has 1 heterocycles. The molecule has 1 saturated heterocycles. The van der Waals surface area contributed by atoms with Gasteiger partial charge in [-0.3, -0.25) is 9.69 Å². The predicted octanol–water partition coefficient (Wildman–Crippen LogP) is 1.91. The summed E-state index contributed by atoms with van der Waals surface area (Å²) in [5.74, 6) is 0. The van der Waals surface area contributed by atoms with Crippen molar-refractivity contribution < 1.29 is 4.79 Å². The molecular formula is C8H13Cl3N2O. The van der Waals surface area contributed by atoms with E-state index in [1.165, 1.54) is 6.42 Å². The molecule has 0 bridgehead atoms. The maximum Gasteiger partial charge on any atom is 0.223 e. The van der Waals surface area contributed by atoms with Crippen molar-refractivity contribution in [2.24, 2.45) is 0 Å². The quantitative estimate of drug-likeness (QED) is 0.620. The van der Waals surface area contributed by atoms with Crippen LogP contribution in [0.15, 0.2) is 0 Å². The number of nitrogens with one attached hydrogen (secondary N) is 1. The number of halogens is 3. The number of amides is 1. The number of nitrogens with zero attached hydrogens (tertiary/aromatic N) is 1. The molecule has 0 radical (unpaired) electrons. The van der Waals surface area contributed by atoms with Crippen LogP contribution in [0, 0.1) is 0 Å². The van der Waals surface area contributed by atoms with Crippen LogP contribution in [-0.2, 0) is 4.79 Å². The van der Waals surface area contributed by atoms with Crippen molar-refractivity contribution in [3.8, 4) is 0 Å². The van der Waals surface area contributed by atoms with Gasteiger partial charge in [-0.1, -0.05) is 41.2 Å². The molecule has 0 saturated carbocycles. The number of carbonyl (C=O) groups excluding carboxylic acids is 1. The summed E-state index contributed by atoms with van der Waals surface area (Å²) in [6, 6.07) is 0. The van der Waals surface area contributed by atoms with Gasteiger partial charge in [0.2, 0.25) is 10.2 Å². The number of likely N-dealkylation sites (tertiary alicyclic amines) is 1. The van der Waals surface area contributed by atoms with E-state index in [4.69, 9.17) is 34.8 Å². The normalized spacial score (nSPS) is 21.6. The molecule has 1 rings (SSSR count). The molecule has 1 atom stereocenters. The maximum atomic E-state index is 10.4. The van der Waals surface area contributed by atoms with Crippen molar-refractivity contribution in [1.82, 2.24) is 10.2 Å². The summed E-state index contributed by atoms with van der Waals surface area (Å²) in [4.78, 5) is 12.4. The predicted molar refractivity (Wildman–Crippen MR) is 58.7 cm³/mol. The van der Waals surface area contributed by atoms with E-state index in [1.807, 2.05) is 4.90 Å². The highest BCUT2D eigenvalue weighted by Gasteiger charge is 2.37. The van der Waals surface area contributed by atoms with Gasteiger partial charge >= 0.3 is 0 Å². The van der Waals surface area contributed by atoms with Gasteiger partial charge in [-0.25, -0.2) is 0 Å². The van der Waals surface area contributed by atoms with Crippen molar-refractivity contribution in [2.75, 3.05) is 13.1 Å². The Labute approximate surface area is 98.7 Å². The third-order valence-electron chi connectivity index (χ3n) is 2.29. The number of alkyl halides is 3. The number of piperidine rings is 1. The lowest BCUT2D eigenvalue weighted by Crippen LogP contribution is -2.54. The van der Waals surface area contributed by atoms with Crippen molar-refractivity contribution in [3.63, 3.8) is 0 Å². The third kappa shape index (κ3) is 3.46. The van der Waals surface area contributed by atoms with Gasteiger partial charge in [-0.15, -0.1) is 0 Å². The van der Waals surface area contributed by atoms with Crippen LogP contribution >= 0.6 is 34.8 Å². The molecule has 1 fully saturated rings. The summed E-state index contributed by atoms with van der Waals surface area (Å²) in [6.07, 6.45) is 3.41. The average molecular weight is 260 g/mol. The Bertz CT molecular complexity index is 190. The highest BCUT2D eigenvalue weighted by Crippen LogP contribution is 2.33. The fourth-order valence-electron chi connectivity index (χ4n) is 1.65. The molecular weight excluding hydrogens is 246 g/mol. The first-order chi connectivity index (χ1) is 6.55. The molecule has 6 heteroatoms. The van der Waals surface area contributed by atoms with E-state index in [2.05, 4.69) is 5.32 Å². The van der Waals surface area contributed by atoms with Gasteiger partial charge in [0.1, 0.15) is 6.17 Å². The van der Waals surface area contributed by atoms with E-state index >= 15 is 0 Å². The first-order valence-electron chi connectivity index (χ1n) is 4.56. The molecule has 1 unspecified atom stereocenters. The maximum absolute atomic E-state index is 10.4. The molecule has 1 N–H and O–H groups in total. The Kier molecular flexibility index (Phi) is 4.77. The second-order valence-corrected chi connectivity index (χ2v) is 5.69. The molecule has 14 heavy (non-hydrogen) atoms. The van der Waals surface area contributed by atoms with Gasteiger partial charge in [-0.05, 0) is 12.8 Å². The van der Waals surface area contributed by atoms with Crippen LogP contribution in [0.5, 0.6) is 0 Å². The zero-order chi connectivity index (χ0) is 10.6. The summed E-state index contributed by atoms with van der Waals surface area (Å²) in [6.45, 7) is 1.72. The van der Waals surface area contributed by atoms with Crippen LogP contribution in [0.25, 0.3) is 0 Å². The Morgan fingerprint density at radius 1 is 1.21 bits per heavy atom. The SMILES string of the molecule is O=CNC(N1CCCCC1)C(Cl)(Cl)Cl. The van der Waals surface area contributed by atoms with Crippen molar-refractivity contribution >= 4 is 41.2 Å². The van der Waals surface area contributed by atoms with Gasteiger partial charge in [0.05, 0.1) is 0 Å². The lowest BCUT2D eigenvalue weighted by Gasteiger charge is -2.37. The van der Waals surface area contributed by atoms with E-state index in [9.17, 15) is 4.79 Å². The minimum atomic E-state index is -1.47. The van der Waals surface area contributed by atoms with E-state index in [0.717, 1.165) is 25.9 Å².